The summed E-state index contributed by atoms with van der Waals surface area (Å²) in [5.74, 6) is 4.28. The van der Waals surface area contributed by atoms with Gasteiger partial charge in [-0.15, -0.1) is 0 Å². The van der Waals surface area contributed by atoms with E-state index in [1.54, 1.807) is 13.2 Å². The second-order valence-corrected chi connectivity index (χ2v) is 7.65. The topological polar surface area (TPSA) is 93.2 Å². The second-order valence-electron chi connectivity index (χ2n) is 7.65. The number of oxazole rings is 1. The van der Waals surface area contributed by atoms with Crippen LogP contribution in [-0.4, -0.2) is 38.8 Å². The van der Waals surface area contributed by atoms with Crippen LogP contribution in [0.3, 0.4) is 0 Å². The van der Waals surface area contributed by atoms with Crippen LogP contribution >= 0.6 is 0 Å². The molecule has 0 aliphatic carbocycles. The molecule has 2 N–H and O–H groups in total. The Kier molecular flexibility index (Phi) is 5.29. The normalized spacial score (nSPS) is 17.9. The molecule has 1 aliphatic heterocycles. The number of aromatic nitrogens is 4. The van der Waals surface area contributed by atoms with Gasteiger partial charge in [-0.1, -0.05) is 27.7 Å². The molecule has 0 bridgehead atoms. The first-order valence-corrected chi connectivity index (χ1v) is 9.24. The van der Waals surface area contributed by atoms with Crippen LogP contribution in [0.2, 0.25) is 0 Å². The minimum atomic E-state index is -0.0415. The van der Waals surface area contributed by atoms with E-state index < -0.39 is 0 Å². The minimum Gasteiger partial charge on any atom is -0.443 e. The molecule has 8 heteroatoms. The van der Waals surface area contributed by atoms with Gasteiger partial charge in [-0.2, -0.15) is 5.10 Å². The predicted octanol–water partition coefficient (Wildman–Crippen LogP) is 1.81. The molecule has 0 amide bonds. The summed E-state index contributed by atoms with van der Waals surface area (Å²) < 4.78 is 7.83. The molecule has 0 aromatic carbocycles. The Morgan fingerprint density at radius 1 is 1.42 bits per heavy atom. The van der Waals surface area contributed by atoms with Crippen molar-refractivity contribution in [2.45, 2.75) is 71.5 Å². The fourth-order valence-electron chi connectivity index (χ4n) is 2.91. The number of hydrogen-bond acceptors (Lipinski definition) is 5. The van der Waals surface area contributed by atoms with Crippen molar-refractivity contribution < 1.29 is 4.42 Å². The highest BCUT2D eigenvalue weighted by atomic mass is 16.4. The molecule has 1 atom stereocenters. The Balaban J connectivity index is 1.54. The van der Waals surface area contributed by atoms with Gasteiger partial charge in [0.25, 0.3) is 0 Å². The van der Waals surface area contributed by atoms with E-state index in [9.17, 15) is 0 Å². The first-order valence-electron chi connectivity index (χ1n) is 9.24. The number of nitrogens with one attached hydrogen (secondary N) is 2. The summed E-state index contributed by atoms with van der Waals surface area (Å²) >= 11 is 0. The van der Waals surface area contributed by atoms with Crippen LogP contribution in [0.15, 0.2) is 15.6 Å². The molecule has 0 radical (unpaired) electrons. The number of hydrogen-bond donors (Lipinski definition) is 2. The zero-order valence-corrected chi connectivity index (χ0v) is 16.3. The van der Waals surface area contributed by atoms with Crippen molar-refractivity contribution in [1.29, 1.82) is 0 Å². The summed E-state index contributed by atoms with van der Waals surface area (Å²) in [6.45, 7) is 9.70. The summed E-state index contributed by atoms with van der Waals surface area (Å²) in [5.41, 5.74) is -0.0415. The molecule has 0 fully saturated rings. The average Bonchev–Trinajstić information content (AvgIpc) is 3.24. The number of aliphatic imine (C=N–C) groups is 1. The number of rotatable bonds is 4. The molecular weight excluding hydrogens is 330 g/mol. The molecule has 142 valence electrons. The van der Waals surface area contributed by atoms with Crippen LogP contribution in [0.5, 0.6) is 0 Å². The van der Waals surface area contributed by atoms with Crippen molar-refractivity contribution in [3.8, 4) is 0 Å². The van der Waals surface area contributed by atoms with E-state index >= 15 is 0 Å². The van der Waals surface area contributed by atoms with Gasteiger partial charge in [-0.05, 0) is 6.42 Å². The van der Waals surface area contributed by atoms with Crippen LogP contribution in [0.1, 0.15) is 57.4 Å². The van der Waals surface area contributed by atoms with Gasteiger partial charge >= 0.3 is 0 Å². The predicted molar refractivity (Wildman–Crippen MR) is 100 cm³/mol. The smallest absolute Gasteiger partial charge is 0.213 e. The van der Waals surface area contributed by atoms with Gasteiger partial charge in [0.2, 0.25) is 5.89 Å². The van der Waals surface area contributed by atoms with Crippen LogP contribution in [0, 0.1) is 0 Å². The van der Waals surface area contributed by atoms with Gasteiger partial charge in [0.05, 0.1) is 19.3 Å². The molecule has 2 aromatic rings. The van der Waals surface area contributed by atoms with E-state index in [4.69, 9.17) is 4.42 Å². The molecule has 1 unspecified atom stereocenters. The van der Waals surface area contributed by atoms with Gasteiger partial charge in [-0.3, -0.25) is 4.99 Å². The lowest BCUT2D eigenvalue weighted by Gasteiger charge is -2.25. The third-order valence-electron chi connectivity index (χ3n) is 4.48. The highest BCUT2D eigenvalue weighted by Gasteiger charge is 2.22. The molecule has 26 heavy (non-hydrogen) atoms. The maximum atomic E-state index is 5.82. The first kappa shape index (κ1) is 18.4. The monoisotopic (exact) mass is 359 g/mol. The SMILES string of the molecule is CCc1nc2n(n1)CC(NC(=NC)NCc1ncc(C(C)(C)C)o1)CC2. The van der Waals surface area contributed by atoms with Crippen LogP contribution < -0.4 is 10.6 Å². The van der Waals surface area contributed by atoms with E-state index in [0.29, 0.717) is 12.4 Å². The summed E-state index contributed by atoms with van der Waals surface area (Å²) in [7, 11) is 1.77. The molecular formula is C18H29N7O. The van der Waals surface area contributed by atoms with E-state index in [2.05, 4.69) is 58.4 Å². The van der Waals surface area contributed by atoms with E-state index in [1.165, 1.54) is 0 Å². The quantitative estimate of drug-likeness (QED) is 0.639. The third kappa shape index (κ3) is 4.23. The van der Waals surface area contributed by atoms with Gasteiger partial charge in [0.15, 0.2) is 11.8 Å². The summed E-state index contributed by atoms with van der Waals surface area (Å²) in [5, 5.41) is 11.3. The van der Waals surface area contributed by atoms with E-state index in [-0.39, 0.29) is 11.5 Å². The molecule has 3 rings (SSSR count). The fraction of sp³-hybridized carbons (Fsp3) is 0.667. The Hall–Kier alpha value is -2.38. The second kappa shape index (κ2) is 7.47. The maximum Gasteiger partial charge on any atom is 0.213 e. The minimum absolute atomic E-state index is 0.0415. The van der Waals surface area contributed by atoms with Crippen molar-refractivity contribution in [3.05, 3.63) is 29.5 Å². The lowest BCUT2D eigenvalue weighted by atomic mass is 9.94. The largest absolute Gasteiger partial charge is 0.443 e. The Bertz CT molecular complexity index is 769. The van der Waals surface area contributed by atoms with Crippen molar-refractivity contribution >= 4 is 5.96 Å². The Labute approximate surface area is 154 Å². The van der Waals surface area contributed by atoms with Crippen molar-refractivity contribution in [2.75, 3.05) is 7.05 Å². The molecule has 1 aliphatic rings. The van der Waals surface area contributed by atoms with Crippen molar-refractivity contribution in [2.24, 2.45) is 4.99 Å². The van der Waals surface area contributed by atoms with Gasteiger partial charge in [-0.25, -0.2) is 14.6 Å². The van der Waals surface area contributed by atoms with Crippen LogP contribution in [-0.2, 0) is 31.3 Å². The summed E-state index contributed by atoms with van der Waals surface area (Å²) in [4.78, 5) is 13.2. The molecule has 0 saturated heterocycles. The zero-order valence-electron chi connectivity index (χ0n) is 16.3. The van der Waals surface area contributed by atoms with E-state index in [1.807, 2.05) is 4.68 Å². The Morgan fingerprint density at radius 2 is 2.23 bits per heavy atom. The molecule has 0 saturated carbocycles. The molecule has 0 spiro atoms. The molecule has 8 nitrogen and oxygen atoms in total. The lowest BCUT2D eigenvalue weighted by molar-refractivity contribution is 0.376. The zero-order chi connectivity index (χ0) is 18.7. The van der Waals surface area contributed by atoms with E-state index in [0.717, 1.165) is 49.2 Å². The number of nitrogens with zero attached hydrogens (tertiary/aromatic N) is 5. The van der Waals surface area contributed by atoms with Crippen molar-refractivity contribution in [3.63, 3.8) is 0 Å². The number of guanidine groups is 1. The highest BCUT2D eigenvalue weighted by Crippen LogP contribution is 2.22. The third-order valence-corrected chi connectivity index (χ3v) is 4.48. The fourth-order valence-corrected chi connectivity index (χ4v) is 2.91. The average molecular weight is 359 g/mol. The first-order chi connectivity index (χ1) is 12.4. The van der Waals surface area contributed by atoms with Crippen LogP contribution in [0.4, 0.5) is 0 Å². The van der Waals surface area contributed by atoms with Gasteiger partial charge < -0.3 is 15.1 Å². The molecule has 2 aromatic heterocycles. The maximum absolute atomic E-state index is 5.82. The summed E-state index contributed by atoms with van der Waals surface area (Å²) in [6.07, 6.45) is 4.60. The Morgan fingerprint density at radius 3 is 2.88 bits per heavy atom. The van der Waals surface area contributed by atoms with Crippen LogP contribution in [0.25, 0.3) is 0 Å². The highest BCUT2D eigenvalue weighted by molar-refractivity contribution is 5.79. The standard InChI is InChI=1S/C18H29N7O/c1-6-14-23-15-8-7-12(11-25(15)24-14)22-17(19-5)21-10-16-20-9-13(26-16)18(2,3)4/h9,12H,6-8,10-11H2,1-5H3,(H2,19,21,22). The van der Waals surface area contributed by atoms with Gasteiger partial charge in [0.1, 0.15) is 11.6 Å². The molecule has 3 heterocycles. The number of aryl methyl sites for hydroxylation is 2. The lowest BCUT2D eigenvalue weighted by Crippen LogP contribution is -2.46. The van der Waals surface area contributed by atoms with Crippen molar-refractivity contribution in [1.82, 2.24) is 30.4 Å². The summed E-state index contributed by atoms with van der Waals surface area (Å²) in [6, 6.07) is 0.273. The number of fused-ring (bicyclic) bond motifs is 1. The van der Waals surface area contributed by atoms with Gasteiger partial charge in [0, 0.05) is 31.3 Å².